The minimum Gasteiger partial charge on any atom is -0.320 e. The summed E-state index contributed by atoms with van der Waals surface area (Å²) in [5.74, 6) is -0.196. The van der Waals surface area contributed by atoms with Gasteiger partial charge in [-0.25, -0.2) is 0 Å². The Balaban J connectivity index is 1.79. The van der Waals surface area contributed by atoms with E-state index in [0.717, 1.165) is 31.4 Å². The van der Waals surface area contributed by atoms with Gasteiger partial charge in [-0.05, 0) is 25.8 Å². The molecule has 0 bridgehead atoms. The molecule has 2 heterocycles. The number of nitrogens with zero attached hydrogens (tertiary/aromatic N) is 4. The van der Waals surface area contributed by atoms with Crippen molar-refractivity contribution in [3.63, 3.8) is 0 Å². The molecule has 1 amide bonds. The van der Waals surface area contributed by atoms with Crippen molar-refractivity contribution in [3.8, 4) is 0 Å². The highest BCUT2D eigenvalue weighted by Crippen LogP contribution is 2.33. The Morgan fingerprint density at radius 1 is 1.32 bits per heavy atom. The normalized spacial score (nSPS) is 21.5. The van der Waals surface area contributed by atoms with Crippen LogP contribution in [0.5, 0.6) is 0 Å². The van der Waals surface area contributed by atoms with Crippen LogP contribution in [0.3, 0.4) is 0 Å². The highest BCUT2D eigenvalue weighted by molar-refractivity contribution is 6.21. The number of carbonyl (C=O) groups excluding carboxylic acids is 1. The van der Waals surface area contributed by atoms with Crippen LogP contribution in [0, 0.1) is 6.92 Å². The highest BCUT2D eigenvalue weighted by atomic mass is 35.5. The van der Waals surface area contributed by atoms with Crippen LogP contribution in [0.4, 0.5) is 5.69 Å². The fourth-order valence-electron chi connectivity index (χ4n) is 2.89. The fourth-order valence-corrected chi connectivity index (χ4v) is 3.27. The van der Waals surface area contributed by atoms with E-state index in [1.54, 1.807) is 12.3 Å². The average Bonchev–Trinajstić information content (AvgIpc) is 2.90. The standard InChI is InChI=1S/C15H18ClN5O/c1-10-12(15(22)20-11-6-7-17-18-8-11)9-19-21(10)14-5-3-2-4-13(14)16/h6-9,13-14H,2-5H2,1H3,(H,17,20,22). The maximum Gasteiger partial charge on any atom is 0.259 e. The first-order valence-electron chi connectivity index (χ1n) is 7.43. The van der Waals surface area contributed by atoms with E-state index in [2.05, 4.69) is 20.6 Å². The van der Waals surface area contributed by atoms with Crippen LogP contribution in [-0.2, 0) is 0 Å². The van der Waals surface area contributed by atoms with Crippen molar-refractivity contribution >= 4 is 23.2 Å². The van der Waals surface area contributed by atoms with Crippen LogP contribution in [0.2, 0.25) is 0 Å². The van der Waals surface area contributed by atoms with Gasteiger partial charge in [0.25, 0.3) is 5.91 Å². The molecule has 6 nitrogen and oxygen atoms in total. The van der Waals surface area contributed by atoms with Crippen LogP contribution >= 0.6 is 11.6 Å². The van der Waals surface area contributed by atoms with Crippen LogP contribution in [0.25, 0.3) is 0 Å². The van der Waals surface area contributed by atoms with E-state index >= 15 is 0 Å². The van der Waals surface area contributed by atoms with Gasteiger partial charge in [0.1, 0.15) is 0 Å². The Kier molecular flexibility index (Phi) is 4.38. The summed E-state index contributed by atoms with van der Waals surface area (Å²) in [7, 11) is 0. The molecule has 1 saturated carbocycles. The SMILES string of the molecule is Cc1c(C(=O)Nc2ccnnc2)cnn1C1CCCCC1Cl. The van der Waals surface area contributed by atoms with Gasteiger partial charge >= 0.3 is 0 Å². The van der Waals surface area contributed by atoms with Gasteiger partial charge in [-0.3, -0.25) is 9.48 Å². The number of halogens is 1. The van der Waals surface area contributed by atoms with Crippen molar-refractivity contribution in [2.45, 2.75) is 44.0 Å². The molecule has 116 valence electrons. The summed E-state index contributed by atoms with van der Waals surface area (Å²) in [6.45, 7) is 1.91. The number of alkyl halides is 1. The van der Waals surface area contributed by atoms with Crippen molar-refractivity contribution in [2.75, 3.05) is 5.32 Å². The molecule has 0 aliphatic heterocycles. The number of carbonyl (C=O) groups is 1. The van der Waals surface area contributed by atoms with Crippen LogP contribution in [0.15, 0.2) is 24.7 Å². The van der Waals surface area contributed by atoms with E-state index < -0.39 is 0 Å². The van der Waals surface area contributed by atoms with Gasteiger partial charge in [0.05, 0.1) is 41.3 Å². The van der Waals surface area contributed by atoms with E-state index in [-0.39, 0.29) is 17.3 Å². The van der Waals surface area contributed by atoms with Crippen molar-refractivity contribution in [3.05, 3.63) is 35.9 Å². The number of anilines is 1. The molecule has 1 aliphatic carbocycles. The summed E-state index contributed by atoms with van der Waals surface area (Å²) in [6, 6.07) is 1.86. The number of aromatic nitrogens is 4. The van der Waals surface area contributed by atoms with E-state index in [1.807, 2.05) is 11.6 Å². The average molecular weight is 320 g/mol. The first-order chi connectivity index (χ1) is 10.7. The zero-order valence-electron chi connectivity index (χ0n) is 12.4. The molecule has 0 spiro atoms. The second-order valence-electron chi connectivity index (χ2n) is 5.54. The van der Waals surface area contributed by atoms with E-state index in [4.69, 9.17) is 11.6 Å². The third kappa shape index (κ3) is 2.97. The molecule has 22 heavy (non-hydrogen) atoms. The largest absolute Gasteiger partial charge is 0.320 e. The Bertz CT molecular complexity index is 657. The quantitative estimate of drug-likeness (QED) is 0.883. The summed E-state index contributed by atoms with van der Waals surface area (Å²) in [4.78, 5) is 12.4. The van der Waals surface area contributed by atoms with E-state index in [0.29, 0.717) is 11.3 Å². The third-order valence-corrected chi connectivity index (χ3v) is 4.60. The number of nitrogens with one attached hydrogen (secondary N) is 1. The zero-order chi connectivity index (χ0) is 15.5. The summed E-state index contributed by atoms with van der Waals surface area (Å²) in [5.41, 5.74) is 2.02. The molecule has 1 N–H and O–H groups in total. The Labute approximate surface area is 133 Å². The van der Waals surface area contributed by atoms with Gasteiger partial charge in [-0.2, -0.15) is 15.3 Å². The molecule has 2 aromatic rings. The minimum atomic E-state index is -0.196. The van der Waals surface area contributed by atoms with Gasteiger partial charge in [-0.15, -0.1) is 11.6 Å². The van der Waals surface area contributed by atoms with Gasteiger partial charge in [0, 0.05) is 5.69 Å². The summed E-state index contributed by atoms with van der Waals surface area (Å²) >= 11 is 6.43. The Hall–Kier alpha value is -1.95. The molecular formula is C15H18ClN5O. The maximum absolute atomic E-state index is 12.4. The number of hydrogen-bond donors (Lipinski definition) is 1. The molecule has 3 rings (SSSR count). The predicted octanol–water partition coefficient (Wildman–Crippen LogP) is 2.96. The lowest BCUT2D eigenvalue weighted by Crippen LogP contribution is -2.25. The summed E-state index contributed by atoms with van der Waals surface area (Å²) in [6.07, 6.45) is 8.96. The molecule has 2 atom stereocenters. The van der Waals surface area contributed by atoms with Crippen LogP contribution < -0.4 is 5.32 Å². The lowest BCUT2D eigenvalue weighted by molar-refractivity contribution is 0.102. The summed E-state index contributed by atoms with van der Waals surface area (Å²) in [5, 5.41) is 14.7. The molecule has 1 fully saturated rings. The topological polar surface area (TPSA) is 72.7 Å². The second-order valence-corrected chi connectivity index (χ2v) is 6.10. The first-order valence-corrected chi connectivity index (χ1v) is 7.86. The number of hydrogen-bond acceptors (Lipinski definition) is 4. The predicted molar refractivity (Wildman–Crippen MR) is 84.1 cm³/mol. The lowest BCUT2D eigenvalue weighted by atomic mass is 9.95. The second kappa shape index (κ2) is 6.44. The molecule has 1 aliphatic rings. The zero-order valence-corrected chi connectivity index (χ0v) is 13.1. The number of rotatable bonds is 3. The van der Waals surface area contributed by atoms with E-state index in [9.17, 15) is 4.79 Å². The molecule has 0 saturated heterocycles. The lowest BCUT2D eigenvalue weighted by Gasteiger charge is -2.28. The molecular weight excluding hydrogens is 302 g/mol. The van der Waals surface area contributed by atoms with Gasteiger partial charge < -0.3 is 5.32 Å². The minimum absolute atomic E-state index is 0.0765. The molecule has 7 heteroatoms. The Morgan fingerprint density at radius 2 is 2.14 bits per heavy atom. The van der Waals surface area contributed by atoms with E-state index in [1.165, 1.54) is 12.4 Å². The highest BCUT2D eigenvalue weighted by Gasteiger charge is 2.28. The van der Waals surface area contributed by atoms with Crippen LogP contribution in [0.1, 0.15) is 47.8 Å². The molecule has 2 unspecified atom stereocenters. The summed E-state index contributed by atoms with van der Waals surface area (Å²) < 4.78 is 1.90. The third-order valence-electron chi connectivity index (χ3n) is 4.09. The fraction of sp³-hybridized carbons (Fsp3) is 0.467. The van der Waals surface area contributed by atoms with Gasteiger partial charge in [-0.1, -0.05) is 12.8 Å². The van der Waals surface area contributed by atoms with Gasteiger partial charge in [0.15, 0.2) is 0 Å². The molecule has 2 aromatic heterocycles. The first kappa shape index (κ1) is 15.0. The molecule has 0 radical (unpaired) electrons. The Morgan fingerprint density at radius 3 is 2.86 bits per heavy atom. The van der Waals surface area contributed by atoms with Crippen LogP contribution in [-0.4, -0.2) is 31.3 Å². The maximum atomic E-state index is 12.4. The monoisotopic (exact) mass is 319 g/mol. The van der Waals surface area contributed by atoms with Crippen molar-refractivity contribution in [1.82, 2.24) is 20.0 Å². The smallest absolute Gasteiger partial charge is 0.259 e. The van der Waals surface area contributed by atoms with Gasteiger partial charge in [0.2, 0.25) is 0 Å². The molecule has 0 aromatic carbocycles. The number of amides is 1. The van der Waals surface area contributed by atoms with Crippen molar-refractivity contribution < 1.29 is 4.79 Å². The van der Waals surface area contributed by atoms with Crippen molar-refractivity contribution in [2.24, 2.45) is 0 Å². The van der Waals surface area contributed by atoms with Crippen molar-refractivity contribution in [1.29, 1.82) is 0 Å².